The average molecular weight is 268 g/mol. The largest absolute Gasteiger partial charge is 0.478 e. The Morgan fingerprint density at radius 2 is 2.37 bits per heavy atom. The molecule has 2 atom stereocenters. The van der Waals surface area contributed by atoms with Gasteiger partial charge in [0.15, 0.2) is 0 Å². The van der Waals surface area contributed by atoms with Crippen LogP contribution in [0.1, 0.15) is 23.7 Å². The zero-order valence-electron chi connectivity index (χ0n) is 10.6. The number of anilines is 2. The summed E-state index contributed by atoms with van der Waals surface area (Å²) in [6.45, 7) is 3.22. The van der Waals surface area contributed by atoms with Gasteiger partial charge in [-0.2, -0.15) is 0 Å². The average Bonchev–Trinajstić information content (AvgIpc) is 2.73. The van der Waals surface area contributed by atoms with Gasteiger partial charge in [0, 0.05) is 24.8 Å². The first-order valence-corrected chi connectivity index (χ1v) is 6.17. The second-order valence-corrected chi connectivity index (χ2v) is 4.73. The van der Waals surface area contributed by atoms with Crippen molar-refractivity contribution in [1.82, 2.24) is 0 Å². The van der Waals surface area contributed by atoms with Gasteiger partial charge in [0.25, 0.3) is 0 Å². The molecule has 104 valence electrons. The standard InChI is InChI=1S/C13H17FN2O3/c1-7-8(2-3-19-7)6-16-12-4-9(13(17)18)11(15)5-10(12)14/h4-5,7-8,16H,2-3,6,15H2,1H3,(H,17,18). The van der Waals surface area contributed by atoms with E-state index in [1.807, 2.05) is 6.92 Å². The van der Waals surface area contributed by atoms with Crippen LogP contribution in [0.25, 0.3) is 0 Å². The summed E-state index contributed by atoms with van der Waals surface area (Å²) in [4.78, 5) is 10.9. The Bertz CT molecular complexity index is 493. The SMILES string of the molecule is CC1OCCC1CNc1cc(C(=O)O)c(N)cc1F. The maximum Gasteiger partial charge on any atom is 0.337 e. The van der Waals surface area contributed by atoms with E-state index in [-0.39, 0.29) is 23.0 Å². The molecule has 0 spiro atoms. The van der Waals surface area contributed by atoms with Crippen LogP contribution in [-0.2, 0) is 4.74 Å². The summed E-state index contributed by atoms with van der Waals surface area (Å²) in [5, 5.41) is 11.9. The predicted octanol–water partition coefficient (Wildman–Crippen LogP) is 1.94. The van der Waals surface area contributed by atoms with Crippen LogP contribution in [0.3, 0.4) is 0 Å². The second-order valence-electron chi connectivity index (χ2n) is 4.73. The molecule has 1 heterocycles. The number of carboxylic acid groups (broad SMARTS) is 1. The van der Waals surface area contributed by atoms with E-state index in [1.54, 1.807) is 0 Å². The van der Waals surface area contributed by atoms with Gasteiger partial charge >= 0.3 is 5.97 Å². The number of nitrogens with two attached hydrogens (primary N) is 1. The van der Waals surface area contributed by atoms with Crippen LogP contribution in [0.4, 0.5) is 15.8 Å². The third-order valence-corrected chi connectivity index (χ3v) is 3.46. The molecule has 0 aromatic heterocycles. The van der Waals surface area contributed by atoms with Crippen LogP contribution in [0, 0.1) is 11.7 Å². The molecule has 0 bridgehead atoms. The molecule has 2 unspecified atom stereocenters. The van der Waals surface area contributed by atoms with E-state index < -0.39 is 11.8 Å². The lowest BCUT2D eigenvalue weighted by Gasteiger charge is -2.16. The normalized spacial score (nSPS) is 22.4. The fraction of sp³-hybridized carbons (Fsp3) is 0.462. The summed E-state index contributed by atoms with van der Waals surface area (Å²) in [6.07, 6.45) is 1.04. The smallest absolute Gasteiger partial charge is 0.337 e. The van der Waals surface area contributed by atoms with Gasteiger partial charge in [0.1, 0.15) is 5.82 Å². The molecular weight excluding hydrogens is 251 g/mol. The lowest BCUT2D eigenvalue weighted by atomic mass is 10.0. The highest BCUT2D eigenvalue weighted by atomic mass is 19.1. The summed E-state index contributed by atoms with van der Waals surface area (Å²) < 4.78 is 19.1. The fourth-order valence-corrected chi connectivity index (χ4v) is 2.19. The molecule has 0 amide bonds. The number of nitrogens with one attached hydrogen (secondary N) is 1. The summed E-state index contributed by atoms with van der Waals surface area (Å²) in [5.41, 5.74) is 5.45. The summed E-state index contributed by atoms with van der Waals surface area (Å²) in [6, 6.07) is 2.26. The molecule has 1 fully saturated rings. The molecule has 1 aliphatic rings. The molecule has 4 N–H and O–H groups in total. The Morgan fingerprint density at radius 1 is 1.63 bits per heavy atom. The molecule has 1 saturated heterocycles. The minimum atomic E-state index is -1.17. The zero-order valence-corrected chi connectivity index (χ0v) is 10.6. The lowest BCUT2D eigenvalue weighted by molar-refractivity contribution is 0.0698. The van der Waals surface area contributed by atoms with Gasteiger partial charge in [-0.3, -0.25) is 0 Å². The quantitative estimate of drug-likeness (QED) is 0.727. The third-order valence-electron chi connectivity index (χ3n) is 3.46. The van der Waals surface area contributed by atoms with Crippen LogP contribution >= 0.6 is 0 Å². The van der Waals surface area contributed by atoms with Crippen molar-refractivity contribution >= 4 is 17.3 Å². The number of aromatic carboxylic acids is 1. The van der Waals surface area contributed by atoms with E-state index in [4.69, 9.17) is 15.6 Å². The Labute approximate surface area is 110 Å². The van der Waals surface area contributed by atoms with Crippen LogP contribution in [0.5, 0.6) is 0 Å². The van der Waals surface area contributed by atoms with E-state index >= 15 is 0 Å². The molecule has 1 aromatic rings. The molecule has 6 heteroatoms. The van der Waals surface area contributed by atoms with E-state index in [0.717, 1.165) is 12.5 Å². The Morgan fingerprint density at radius 3 is 2.95 bits per heavy atom. The first-order chi connectivity index (χ1) is 8.99. The molecule has 0 saturated carbocycles. The van der Waals surface area contributed by atoms with Crippen molar-refractivity contribution in [3.05, 3.63) is 23.5 Å². The number of ether oxygens (including phenoxy) is 1. The molecule has 5 nitrogen and oxygen atoms in total. The van der Waals surface area contributed by atoms with Crippen molar-refractivity contribution < 1.29 is 19.0 Å². The van der Waals surface area contributed by atoms with E-state index in [9.17, 15) is 9.18 Å². The molecule has 0 aliphatic carbocycles. The summed E-state index contributed by atoms with van der Waals surface area (Å²) in [5.74, 6) is -1.42. The van der Waals surface area contributed by atoms with Crippen LogP contribution in [-0.4, -0.2) is 30.3 Å². The van der Waals surface area contributed by atoms with Crippen LogP contribution < -0.4 is 11.1 Å². The Hall–Kier alpha value is -1.82. The molecule has 1 aliphatic heterocycles. The topological polar surface area (TPSA) is 84.6 Å². The van der Waals surface area contributed by atoms with Gasteiger partial charge in [-0.1, -0.05) is 0 Å². The molecule has 2 rings (SSSR count). The minimum Gasteiger partial charge on any atom is -0.478 e. The Balaban J connectivity index is 2.11. The number of nitrogen functional groups attached to an aromatic ring is 1. The van der Waals surface area contributed by atoms with Gasteiger partial charge < -0.3 is 20.9 Å². The van der Waals surface area contributed by atoms with Crippen LogP contribution in [0.15, 0.2) is 12.1 Å². The van der Waals surface area contributed by atoms with Crippen molar-refractivity contribution in [2.45, 2.75) is 19.4 Å². The zero-order chi connectivity index (χ0) is 14.0. The van der Waals surface area contributed by atoms with Crippen molar-refractivity contribution in [3.8, 4) is 0 Å². The van der Waals surface area contributed by atoms with E-state index in [0.29, 0.717) is 19.1 Å². The number of benzene rings is 1. The lowest BCUT2D eigenvalue weighted by Crippen LogP contribution is -2.21. The van der Waals surface area contributed by atoms with E-state index in [1.165, 1.54) is 6.07 Å². The van der Waals surface area contributed by atoms with Crippen molar-refractivity contribution in [1.29, 1.82) is 0 Å². The molecule has 0 radical (unpaired) electrons. The number of carboxylic acids is 1. The number of halogens is 1. The fourth-order valence-electron chi connectivity index (χ4n) is 2.19. The number of carbonyl (C=O) groups is 1. The number of hydrogen-bond acceptors (Lipinski definition) is 4. The predicted molar refractivity (Wildman–Crippen MR) is 69.8 cm³/mol. The number of rotatable bonds is 4. The van der Waals surface area contributed by atoms with Crippen molar-refractivity contribution in [3.63, 3.8) is 0 Å². The van der Waals surface area contributed by atoms with Crippen molar-refractivity contribution in [2.75, 3.05) is 24.2 Å². The maximum atomic E-state index is 13.7. The second kappa shape index (κ2) is 5.44. The van der Waals surface area contributed by atoms with Crippen LogP contribution in [0.2, 0.25) is 0 Å². The maximum absolute atomic E-state index is 13.7. The van der Waals surface area contributed by atoms with Gasteiger partial charge in [0.2, 0.25) is 0 Å². The first-order valence-electron chi connectivity index (χ1n) is 6.17. The first kappa shape index (κ1) is 13.6. The summed E-state index contributed by atoms with van der Waals surface area (Å²) in [7, 11) is 0. The minimum absolute atomic E-state index is 0.0758. The highest BCUT2D eigenvalue weighted by Crippen LogP contribution is 2.25. The molecule has 19 heavy (non-hydrogen) atoms. The Kier molecular flexibility index (Phi) is 3.90. The summed E-state index contributed by atoms with van der Waals surface area (Å²) >= 11 is 0. The number of hydrogen-bond donors (Lipinski definition) is 3. The molecule has 1 aromatic carbocycles. The highest BCUT2D eigenvalue weighted by molar-refractivity contribution is 5.94. The van der Waals surface area contributed by atoms with Gasteiger partial charge in [-0.25, -0.2) is 9.18 Å². The monoisotopic (exact) mass is 268 g/mol. The van der Waals surface area contributed by atoms with Gasteiger partial charge in [-0.05, 0) is 25.5 Å². The van der Waals surface area contributed by atoms with E-state index in [2.05, 4.69) is 5.32 Å². The molecular formula is C13H17FN2O3. The van der Waals surface area contributed by atoms with Gasteiger partial charge in [0.05, 0.1) is 17.4 Å². The van der Waals surface area contributed by atoms with Crippen molar-refractivity contribution in [2.24, 2.45) is 5.92 Å². The van der Waals surface area contributed by atoms with Gasteiger partial charge in [-0.15, -0.1) is 0 Å². The third kappa shape index (κ3) is 2.96. The highest BCUT2D eigenvalue weighted by Gasteiger charge is 2.24.